The number of hydrogen-bond donors (Lipinski definition) is 6. The number of hydrogen-bond acceptors (Lipinski definition) is 6. The highest BCUT2D eigenvalue weighted by Crippen LogP contribution is 1.89. The molecular formula is C12H27N3O4. The lowest BCUT2D eigenvalue weighted by Gasteiger charge is -2.20. The zero-order chi connectivity index (χ0) is 14.5. The van der Waals surface area contributed by atoms with Gasteiger partial charge in [-0.15, -0.1) is 0 Å². The van der Waals surface area contributed by atoms with Gasteiger partial charge in [-0.2, -0.15) is 0 Å². The summed E-state index contributed by atoms with van der Waals surface area (Å²) in [4.78, 5) is 10.3. The minimum absolute atomic E-state index is 0.00886. The molecule has 0 saturated heterocycles. The molecule has 114 valence electrons. The van der Waals surface area contributed by atoms with E-state index in [9.17, 15) is 9.90 Å². The molecule has 0 rings (SSSR count). The van der Waals surface area contributed by atoms with E-state index in [0.29, 0.717) is 26.1 Å². The van der Waals surface area contributed by atoms with Crippen LogP contribution in [0.5, 0.6) is 0 Å². The first-order chi connectivity index (χ1) is 9.13. The van der Waals surface area contributed by atoms with Gasteiger partial charge >= 0.3 is 5.97 Å². The molecule has 7 nitrogen and oxygen atoms in total. The van der Waals surface area contributed by atoms with Crippen LogP contribution in [0.15, 0.2) is 0 Å². The quantitative estimate of drug-likeness (QED) is 0.224. The Morgan fingerprint density at radius 3 is 2.16 bits per heavy atom. The first-order valence-electron chi connectivity index (χ1n) is 6.75. The summed E-state index contributed by atoms with van der Waals surface area (Å²) in [6, 6.07) is -0.0916. The van der Waals surface area contributed by atoms with Gasteiger partial charge in [-0.05, 0) is 19.5 Å². The SMILES string of the molecule is CCNC(CO)CNCC(CO)NCCCC(=O)O. The van der Waals surface area contributed by atoms with Gasteiger partial charge < -0.3 is 31.3 Å². The van der Waals surface area contributed by atoms with Crippen LogP contribution >= 0.6 is 0 Å². The van der Waals surface area contributed by atoms with Crippen LogP contribution in [0.25, 0.3) is 0 Å². The Morgan fingerprint density at radius 2 is 1.68 bits per heavy atom. The van der Waals surface area contributed by atoms with Crippen molar-refractivity contribution in [2.75, 3.05) is 39.4 Å². The summed E-state index contributed by atoms with van der Waals surface area (Å²) in [5, 5.41) is 36.1. The van der Waals surface area contributed by atoms with Crippen molar-refractivity contribution in [1.29, 1.82) is 0 Å². The molecule has 0 aliphatic rings. The van der Waals surface area contributed by atoms with Gasteiger partial charge in [0.2, 0.25) is 0 Å². The first-order valence-corrected chi connectivity index (χ1v) is 6.75. The topological polar surface area (TPSA) is 114 Å². The van der Waals surface area contributed by atoms with E-state index < -0.39 is 5.97 Å². The maximum absolute atomic E-state index is 10.3. The molecular weight excluding hydrogens is 250 g/mol. The van der Waals surface area contributed by atoms with Crippen molar-refractivity contribution >= 4 is 5.97 Å². The van der Waals surface area contributed by atoms with Crippen LogP contribution in [0.4, 0.5) is 0 Å². The molecule has 0 saturated carbocycles. The highest BCUT2D eigenvalue weighted by Gasteiger charge is 2.09. The predicted molar refractivity (Wildman–Crippen MR) is 73.2 cm³/mol. The predicted octanol–water partition coefficient (Wildman–Crippen LogP) is -1.64. The van der Waals surface area contributed by atoms with Gasteiger partial charge in [-0.25, -0.2) is 0 Å². The number of aliphatic hydroxyl groups is 2. The van der Waals surface area contributed by atoms with Crippen LogP contribution in [0.3, 0.4) is 0 Å². The average Bonchev–Trinajstić information content (AvgIpc) is 2.39. The Labute approximate surface area is 114 Å². The second-order valence-corrected chi connectivity index (χ2v) is 4.43. The molecule has 0 aliphatic heterocycles. The summed E-state index contributed by atoms with van der Waals surface area (Å²) in [5.74, 6) is -0.808. The summed E-state index contributed by atoms with van der Waals surface area (Å²) < 4.78 is 0. The van der Waals surface area contributed by atoms with Crippen LogP contribution in [0.1, 0.15) is 19.8 Å². The van der Waals surface area contributed by atoms with Crippen LogP contribution in [0.2, 0.25) is 0 Å². The average molecular weight is 277 g/mol. The summed E-state index contributed by atoms with van der Waals surface area (Å²) >= 11 is 0. The maximum atomic E-state index is 10.3. The number of likely N-dealkylation sites (N-methyl/N-ethyl adjacent to an activating group) is 1. The molecule has 0 fully saturated rings. The Hall–Kier alpha value is -0.730. The van der Waals surface area contributed by atoms with Crippen LogP contribution in [-0.4, -0.2) is 72.8 Å². The highest BCUT2D eigenvalue weighted by molar-refractivity contribution is 5.66. The summed E-state index contributed by atoms with van der Waals surface area (Å²) in [5.41, 5.74) is 0. The maximum Gasteiger partial charge on any atom is 0.303 e. The van der Waals surface area contributed by atoms with Crippen LogP contribution < -0.4 is 16.0 Å². The molecule has 19 heavy (non-hydrogen) atoms. The van der Waals surface area contributed by atoms with E-state index >= 15 is 0 Å². The van der Waals surface area contributed by atoms with Crippen molar-refractivity contribution in [3.63, 3.8) is 0 Å². The Balaban J connectivity index is 3.65. The van der Waals surface area contributed by atoms with E-state index in [-0.39, 0.29) is 31.7 Å². The standard InChI is InChI=1S/C12H27N3O4/c1-2-14-10(8-16)6-13-7-11(9-17)15-5-3-4-12(18)19/h10-11,13-17H,2-9H2,1H3,(H,18,19). The van der Waals surface area contributed by atoms with Crippen molar-refractivity contribution < 1.29 is 20.1 Å². The zero-order valence-corrected chi connectivity index (χ0v) is 11.6. The summed E-state index contributed by atoms with van der Waals surface area (Å²) in [7, 11) is 0. The lowest BCUT2D eigenvalue weighted by atomic mass is 10.2. The highest BCUT2D eigenvalue weighted by atomic mass is 16.4. The molecule has 7 heteroatoms. The number of carboxylic acids is 1. The van der Waals surface area contributed by atoms with Crippen molar-refractivity contribution in [2.24, 2.45) is 0 Å². The molecule has 0 aromatic heterocycles. The number of nitrogens with one attached hydrogen (secondary N) is 3. The van der Waals surface area contributed by atoms with E-state index in [2.05, 4.69) is 16.0 Å². The van der Waals surface area contributed by atoms with Gasteiger partial charge in [0.05, 0.1) is 13.2 Å². The van der Waals surface area contributed by atoms with Crippen LogP contribution in [0, 0.1) is 0 Å². The van der Waals surface area contributed by atoms with E-state index in [1.54, 1.807) is 0 Å². The second-order valence-electron chi connectivity index (χ2n) is 4.43. The molecule has 6 N–H and O–H groups in total. The second kappa shape index (κ2) is 12.3. The van der Waals surface area contributed by atoms with Gasteiger partial charge in [0.25, 0.3) is 0 Å². The number of carbonyl (C=O) groups is 1. The lowest BCUT2D eigenvalue weighted by Crippen LogP contribution is -2.47. The molecule has 0 spiro atoms. The van der Waals surface area contributed by atoms with Gasteiger partial charge in [0, 0.05) is 31.6 Å². The number of carboxylic acid groups (broad SMARTS) is 1. The third-order valence-electron chi connectivity index (χ3n) is 2.72. The number of aliphatic carboxylic acids is 1. The number of aliphatic hydroxyl groups excluding tert-OH is 2. The van der Waals surface area contributed by atoms with E-state index in [1.165, 1.54) is 0 Å². The Kier molecular flexibility index (Phi) is 11.8. The normalized spacial score (nSPS) is 14.3. The van der Waals surface area contributed by atoms with Gasteiger partial charge in [-0.1, -0.05) is 6.92 Å². The molecule has 0 aromatic rings. The van der Waals surface area contributed by atoms with E-state index in [1.807, 2.05) is 6.92 Å². The van der Waals surface area contributed by atoms with Crippen molar-refractivity contribution in [3.05, 3.63) is 0 Å². The van der Waals surface area contributed by atoms with Crippen molar-refractivity contribution in [1.82, 2.24) is 16.0 Å². The van der Waals surface area contributed by atoms with E-state index in [0.717, 1.165) is 6.54 Å². The lowest BCUT2D eigenvalue weighted by molar-refractivity contribution is -0.137. The van der Waals surface area contributed by atoms with E-state index in [4.69, 9.17) is 10.2 Å². The fraction of sp³-hybridized carbons (Fsp3) is 0.917. The fourth-order valence-corrected chi connectivity index (χ4v) is 1.67. The minimum Gasteiger partial charge on any atom is -0.481 e. The summed E-state index contributed by atoms with van der Waals surface area (Å²) in [6.07, 6.45) is 0.675. The van der Waals surface area contributed by atoms with Gasteiger partial charge in [0.15, 0.2) is 0 Å². The van der Waals surface area contributed by atoms with Crippen molar-refractivity contribution in [3.8, 4) is 0 Å². The smallest absolute Gasteiger partial charge is 0.303 e. The fourth-order valence-electron chi connectivity index (χ4n) is 1.67. The third-order valence-corrected chi connectivity index (χ3v) is 2.72. The molecule has 2 unspecified atom stereocenters. The number of rotatable bonds is 13. The Bertz CT molecular complexity index is 229. The minimum atomic E-state index is -0.808. The van der Waals surface area contributed by atoms with Gasteiger partial charge in [-0.3, -0.25) is 4.79 Å². The largest absolute Gasteiger partial charge is 0.481 e. The molecule has 2 atom stereocenters. The molecule has 0 aromatic carbocycles. The third kappa shape index (κ3) is 10.8. The monoisotopic (exact) mass is 277 g/mol. The van der Waals surface area contributed by atoms with Crippen molar-refractivity contribution in [2.45, 2.75) is 31.8 Å². The molecule has 0 bridgehead atoms. The summed E-state index contributed by atoms with van der Waals surface area (Å²) in [6.45, 7) is 4.59. The Morgan fingerprint density at radius 1 is 1.11 bits per heavy atom. The van der Waals surface area contributed by atoms with Crippen LogP contribution in [-0.2, 0) is 4.79 Å². The first kappa shape index (κ1) is 18.3. The van der Waals surface area contributed by atoms with Gasteiger partial charge in [0.1, 0.15) is 0 Å². The molecule has 0 aliphatic carbocycles. The zero-order valence-electron chi connectivity index (χ0n) is 11.6. The molecule has 0 amide bonds. The molecule has 0 radical (unpaired) electrons. The molecule has 0 heterocycles.